The fourth-order valence-corrected chi connectivity index (χ4v) is 1.98. The molecule has 0 aromatic heterocycles. The van der Waals surface area contributed by atoms with E-state index in [1.807, 2.05) is 24.3 Å². The van der Waals surface area contributed by atoms with Crippen LogP contribution in [-0.4, -0.2) is 11.1 Å². The number of halogens is 1. The van der Waals surface area contributed by atoms with Gasteiger partial charge in [-0.2, -0.15) is 0 Å². The second-order valence-corrected chi connectivity index (χ2v) is 3.73. The normalized spacial score (nSPS) is 10.5. The van der Waals surface area contributed by atoms with Crippen molar-refractivity contribution in [3.8, 4) is 0 Å². The summed E-state index contributed by atoms with van der Waals surface area (Å²) >= 11 is 6.05. The lowest BCUT2D eigenvalue weighted by Gasteiger charge is -2.05. The summed E-state index contributed by atoms with van der Waals surface area (Å²) in [5.74, 6) is -0.845. The Hall–Kier alpha value is -1.54. The first-order chi connectivity index (χ1) is 7.18. The first-order valence-electron chi connectivity index (χ1n) is 4.56. The Morgan fingerprint density at radius 2 is 1.87 bits per heavy atom. The standard InChI is InChI=1S/C12H9ClO2/c13-10-6-2-4-8-3-1-5-9(12(8)10)7-11(14)15/h1-6H,7H2,(H,14,15). The SMILES string of the molecule is O=C(O)Cc1cccc2cccc(Cl)c12. The van der Waals surface area contributed by atoms with Crippen molar-refractivity contribution < 1.29 is 9.90 Å². The third-order valence-electron chi connectivity index (χ3n) is 2.28. The number of aliphatic carboxylic acids is 1. The summed E-state index contributed by atoms with van der Waals surface area (Å²) < 4.78 is 0. The van der Waals surface area contributed by atoms with Crippen LogP contribution in [0.5, 0.6) is 0 Å². The number of carbonyl (C=O) groups is 1. The van der Waals surface area contributed by atoms with E-state index in [9.17, 15) is 4.79 Å². The molecular weight excluding hydrogens is 212 g/mol. The average Bonchev–Trinajstić information content (AvgIpc) is 2.17. The summed E-state index contributed by atoms with van der Waals surface area (Å²) in [5.41, 5.74) is 0.755. The van der Waals surface area contributed by atoms with E-state index in [1.165, 1.54) is 0 Å². The van der Waals surface area contributed by atoms with Gasteiger partial charge >= 0.3 is 5.97 Å². The zero-order valence-corrected chi connectivity index (χ0v) is 8.66. The van der Waals surface area contributed by atoms with Crippen LogP contribution in [0.1, 0.15) is 5.56 Å². The van der Waals surface area contributed by atoms with Gasteiger partial charge in [-0.05, 0) is 17.0 Å². The lowest BCUT2D eigenvalue weighted by Crippen LogP contribution is -2.00. The molecule has 0 saturated heterocycles. The van der Waals surface area contributed by atoms with Crippen molar-refractivity contribution in [2.24, 2.45) is 0 Å². The summed E-state index contributed by atoms with van der Waals surface area (Å²) in [6.07, 6.45) is 0.00106. The van der Waals surface area contributed by atoms with E-state index in [2.05, 4.69) is 0 Å². The molecule has 0 radical (unpaired) electrons. The largest absolute Gasteiger partial charge is 0.481 e. The molecule has 0 amide bonds. The van der Waals surface area contributed by atoms with Crippen LogP contribution >= 0.6 is 11.6 Å². The zero-order valence-electron chi connectivity index (χ0n) is 7.90. The van der Waals surface area contributed by atoms with Gasteiger partial charge in [0.2, 0.25) is 0 Å². The molecule has 0 aliphatic carbocycles. The number of fused-ring (bicyclic) bond motifs is 1. The van der Waals surface area contributed by atoms with Crippen molar-refractivity contribution in [1.29, 1.82) is 0 Å². The van der Waals surface area contributed by atoms with Crippen molar-refractivity contribution in [3.63, 3.8) is 0 Å². The van der Waals surface area contributed by atoms with E-state index in [0.29, 0.717) is 5.02 Å². The van der Waals surface area contributed by atoms with E-state index in [1.54, 1.807) is 12.1 Å². The maximum absolute atomic E-state index is 10.7. The number of carboxylic acids is 1. The Balaban J connectivity index is 2.68. The number of rotatable bonds is 2. The monoisotopic (exact) mass is 220 g/mol. The summed E-state index contributed by atoms with van der Waals surface area (Å²) in [6, 6.07) is 11.1. The van der Waals surface area contributed by atoms with Crippen molar-refractivity contribution >= 4 is 28.3 Å². The summed E-state index contributed by atoms with van der Waals surface area (Å²) in [7, 11) is 0. The predicted octanol–water partition coefficient (Wildman–Crippen LogP) is 3.12. The number of benzene rings is 2. The third kappa shape index (κ3) is 1.95. The molecule has 2 nitrogen and oxygen atoms in total. The van der Waals surface area contributed by atoms with E-state index >= 15 is 0 Å². The van der Waals surface area contributed by atoms with Crippen molar-refractivity contribution in [2.75, 3.05) is 0 Å². The minimum atomic E-state index is -0.845. The first-order valence-corrected chi connectivity index (χ1v) is 4.94. The van der Waals surface area contributed by atoms with Gasteiger partial charge in [0.15, 0.2) is 0 Å². The molecular formula is C12H9ClO2. The molecule has 2 aromatic carbocycles. The van der Waals surface area contributed by atoms with Crippen LogP contribution in [0.2, 0.25) is 5.02 Å². The first kappa shape index (κ1) is 9.99. The van der Waals surface area contributed by atoms with Crippen LogP contribution < -0.4 is 0 Å². The lowest BCUT2D eigenvalue weighted by molar-refractivity contribution is -0.136. The van der Waals surface area contributed by atoms with Gasteiger partial charge in [-0.1, -0.05) is 41.9 Å². The second kappa shape index (κ2) is 3.91. The second-order valence-electron chi connectivity index (χ2n) is 3.33. The molecule has 0 aliphatic heterocycles. The molecule has 3 heteroatoms. The van der Waals surface area contributed by atoms with Crippen LogP contribution in [0.25, 0.3) is 10.8 Å². The number of carboxylic acid groups (broad SMARTS) is 1. The van der Waals surface area contributed by atoms with Crippen molar-refractivity contribution in [3.05, 3.63) is 47.0 Å². The van der Waals surface area contributed by atoms with E-state index in [-0.39, 0.29) is 6.42 Å². The Morgan fingerprint density at radius 1 is 1.20 bits per heavy atom. The van der Waals surface area contributed by atoms with E-state index in [0.717, 1.165) is 16.3 Å². The minimum absolute atomic E-state index is 0.00106. The average molecular weight is 221 g/mol. The van der Waals surface area contributed by atoms with Crippen LogP contribution in [0.3, 0.4) is 0 Å². The van der Waals surface area contributed by atoms with Crippen LogP contribution in [-0.2, 0) is 11.2 Å². The van der Waals surface area contributed by atoms with Crippen LogP contribution in [0.4, 0.5) is 0 Å². The Labute approximate surface area is 92.1 Å². The molecule has 0 saturated carbocycles. The van der Waals surface area contributed by atoms with Crippen molar-refractivity contribution in [2.45, 2.75) is 6.42 Å². The Morgan fingerprint density at radius 3 is 2.53 bits per heavy atom. The van der Waals surface area contributed by atoms with E-state index in [4.69, 9.17) is 16.7 Å². The van der Waals surface area contributed by atoms with Gasteiger partial charge in [0.1, 0.15) is 0 Å². The predicted molar refractivity (Wildman–Crippen MR) is 60.3 cm³/mol. The molecule has 76 valence electrons. The molecule has 0 heterocycles. The smallest absolute Gasteiger partial charge is 0.307 e. The molecule has 0 spiro atoms. The molecule has 0 fully saturated rings. The van der Waals surface area contributed by atoms with Gasteiger partial charge in [-0.3, -0.25) is 4.79 Å². The molecule has 0 bridgehead atoms. The summed E-state index contributed by atoms with van der Waals surface area (Å²) in [5, 5.41) is 11.2. The maximum Gasteiger partial charge on any atom is 0.307 e. The number of hydrogen-bond donors (Lipinski definition) is 1. The van der Waals surface area contributed by atoms with Gasteiger partial charge < -0.3 is 5.11 Å². The third-order valence-corrected chi connectivity index (χ3v) is 2.60. The van der Waals surface area contributed by atoms with Gasteiger partial charge in [-0.25, -0.2) is 0 Å². The molecule has 0 unspecified atom stereocenters. The molecule has 15 heavy (non-hydrogen) atoms. The Kier molecular flexibility index (Phi) is 2.60. The Bertz CT molecular complexity index is 515. The van der Waals surface area contributed by atoms with Crippen molar-refractivity contribution in [1.82, 2.24) is 0 Å². The quantitative estimate of drug-likeness (QED) is 0.844. The highest BCUT2D eigenvalue weighted by atomic mass is 35.5. The van der Waals surface area contributed by atoms with Crippen LogP contribution in [0.15, 0.2) is 36.4 Å². The maximum atomic E-state index is 10.7. The zero-order chi connectivity index (χ0) is 10.8. The summed E-state index contributed by atoms with van der Waals surface area (Å²) in [6.45, 7) is 0. The number of hydrogen-bond acceptors (Lipinski definition) is 1. The van der Waals surface area contributed by atoms with Gasteiger partial charge in [0.05, 0.1) is 6.42 Å². The lowest BCUT2D eigenvalue weighted by atomic mass is 10.0. The fraction of sp³-hybridized carbons (Fsp3) is 0.0833. The summed E-state index contributed by atoms with van der Waals surface area (Å²) in [4.78, 5) is 10.7. The minimum Gasteiger partial charge on any atom is -0.481 e. The van der Waals surface area contributed by atoms with E-state index < -0.39 is 5.97 Å². The topological polar surface area (TPSA) is 37.3 Å². The van der Waals surface area contributed by atoms with Gasteiger partial charge in [-0.15, -0.1) is 0 Å². The molecule has 0 atom stereocenters. The highest BCUT2D eigenvalue weighted by Gasteiger charge is 2.07. The molecule has 1 N–H and O–H groups in total. The molecule has 2 aromatic rings. The highest BCUT2D eigenvalue weighted by molar-refractivity contribution is 6.35. The van der Waals surface area contributed by atoms with Gasteiger partial charge in [0.25, 0.3) is 0 Å². The van der Waals surface area contributed by atoms with Crippen LogP contribution in [0, 0.1) is 0 Å². The fourth-order valence-electron chi connectivity index (χ4n) is 1.68. The molecule has 2 rings (SSSR count). The van der Waals surface area contributed by atoms with Gasteiger partial charge in [0, 0.05) is 10.4 Å². The highest BCUT2D eigenvalue weighted by Crippen LogP contribution is 2.27. The molecule has 0 aliphatic rings.